The van der Waals surface area contributed by atoms with E-state index in [1.807, 2.05) is 6.07 Å². The normalized spacial score (nSPS) is 11.4. The van der Waals surface area contributed by atoms with Crippen LogP contribution in [0.25, 0.3) is 33.2 Å². The van der Waals surface area contributed by atoms with Crippen LogP contribution in [0, 0.1) is 0 Å². The van der Waals surface area contributed by atoms with Gasteiger partial charge in [0.1, 0.15) is 11.4 Å². The van der Waals surface area contributed by atoms with E-state index in [-0.39, 0.29) is 5.97 Å². The molecule has 0 aliphatic carbocycles. The predicted molar refractivity (Wildman–Crippen MR) is 110 cm³/mol. The Bertz CT molecular complexity index is 1130. The summed E-state index contributed by atoms with van der Waals surface area (Å²) in [5, 5.41) is 13.0. The van der Waals surface area contributed by atoms with E-state index in [1.165, 1.54) is 12.5 Å². The maximum atomic E-state index is 11.1. The molecule has 0 aliphatic heterocycles. The van der Waals surface area contributed by atoms with Crippen molar-refractivity contribution in [1.29, 1.82) is 0 Å². The molecular weight excluding hydrogens is 354 g/mol. The fraction of sp³-hybridized carbons (Fsp3) is 0.238. The number of ether oxygens (including phenoxy) is 1. The zero-order chi connectivity index (χ0) is 19.5. The van der Waals surface area contributed by atoms with Gasteiger partial charge in [-0.1, -0.05) is 6.07 Å². The molecule has 0 amide bonds. The Kier molecular flexibility index (Phi) is 5.10. The highest BCUT2D eigenvalue weighted by molar-refractivity contribution is 5.96. The summed E-state index contributed by atoms with van der Waals surface area (Å²) in [6.45, 7) is 3.82. The van der Waals surface area contributed by atoms with E-state index < -0.39 is 0 Å². The number of aromatic nitrogens is 3. The van der Waals surface area contributed by atoms with Gasteiger partial charge in [-0.2, -0.15) is 5.10 Å². The maximum Gasteiger partial charge on any atom is 0.308 e. The number of esters is 1. The lowest BCUT2D eigenvalue weighted by Gasteiger charge is -2.03. The lowest BCUT2D eigenvalue weighted by atomic mass is 10.1. The van der Waals surface area contributed by atoms with Crippen molar-refractivity contribution in [2.75, 3.05) is 13.1 Å². The van der Waals surface area contributed by atoms with E-state index in [4.69, 9.17) is 10.5 Å². The second-order valence-electron chi connectivity index (χ2n) is 6.80. The van der Waals surface area contributed by atoms with Crippen LogP contribution in [-0.4, -0.2) is 34.2 Å². The number of benzene rings is 2. The first-order valence-electron chi connectivity index (χ1n) is 9.33. The van der Waals surface area contributed by atoms with Gasteiger partial charge in [0.05, 0.1) is 11.2 Å². The average molecular weight is 377 g/mol. The first kappa shape index (κ1) is 18.2. The third kappa shape index (κ3) is 3.76. The second-order valence-corrected chi connectivity index (χ2v) is 6.80. The smallest absolute Gasteiger partial charge is 0.308 e. The molecule has 4 aromatic rings. The SMILES string of the molecule is CC(=O)Oc1ccc2c(-c3cc4cc(CNCCCN)ccc4[nH]3)n[nH]c2c1. The molecule has 144 valence electrons. The Labute approximate surface area is 162 Å². The van der Waals surface area contributed by atoms with E-state index in [0.717, 1.165) is 52.7 Å². The van der Waals surface area contributed by atoms with E-state index >= 15 is 0 Å². The number of carbonyl (C=O) groups excluding carboxylic acids is 1. The molecule has 0 saturated heterocycles. The summed E-state index contributed by atoms with van der Waals surface area (Å²) in [4.78, 5) is 14.6. The minimum atomic E-state index is -0.344. The van der Waals surface area contributed by atoms with Crippen LogP contribution in [0.1, 0.15) is 18.9 Å². The van der Waals surface area contributed by atoms with E-state index in [9.17, 15) is 4.79 Å². The van der Waals surface area contributed by atoms with Crippen molar-refractivity contribution in [3.8, 4) is 17.1 Å². The molecule has 0 bridgehead atoms. The highest BCUT2D eigenvalue weighted by Crippen LogP contribution is 2.30. The van der Waals surface area contributed by atoms with Gasteiger partial charge in [0.2, 0.25) is 0 Å². The zero-order valence-electron chi connectivity index (χ0n) is 15.7. The summed E-state index contributed by atoms with van der Waals surface area (Å²) < 4.78 is 5.14. The maximum absolute atomic E-state index is 11.1. The molecular formula is C21H23N5O2. The summed E-state index contributed by atoms with van der Waals surface area (Å²) in [5.41, 5.74) is 10.4. The summed E-state index contributed by atoms with van der Waals surface area (Å²) in [6, 6.07) is 14.0. The topological polar surface area (TPSA) is 109 Å². The number of carbonyl (C=O) groups is 1. The van der Waals surface area contributed by atoms with E-state index in [2.05, 4.69) is 44.8 Å². The summed E-state index contributed by atoms with van der Waals surface area (Å²) in [7, 11) is 0. The predicted octanol–water partition coefficient (Wildman–Crippen LogP) is 3.07. The summed E-state index contributed by atoms with van der Waals surface area (Å²) >= 11 is 0. The first-order valence-corrected chi connectivity index (χ1v) is 9.33. The van der Waals surface area contributed by atoms with Crippen LogP contribution in [0.3, 0.4) is 0 Å². The molecule has 2 heterocycles. The number of aromatic amines is 2. The van der Waals surface area contributed by atoms with Crippen molar-refractivity contribution in [1.82, 2.24) is 20.5 Å². The third-order valence-electron chi connectivity index (χ3n) is 4.62. The van der Waals surface area contributed by atoms with Gasteiger partial charge in [0.15, 0.2) is 0 Å². The molecule has 28 heavy (non-hydrogen) atoms. The highest BCUT2D eigenvalue weighted by Gasteiger charge is 2.12. The van der Waals surface area contributed by atoms with Crippen molar-refractivity contribution in [2.45, 2.75) is 19.9 Å². The number of H-pyrrole nitrogens is 2. The molecule has 0 saturated carbocycles. The van der Waals surface area contributed by atoms with Crippen LogP contribution in [0.2, 0.25) is 0 Å². The summed E-state index contributed by atoms with van der Waals surface area (Å²) in [5.74, 6) is 0.154. The molecule has 0 spiro atoms. The minimum Gasteiger partial charge on any atom is -0.427 e. The standard InChI is InChI=1S/C21H23N5O2/c1-13(27)28-16-4-5-17-19(11-16)25-26-21(17)20-10-15-9-14(3-6-18(15)24-20)12-23-8-2-7-22/h3-6,9-11,23-24H,2,7-8,12,22H2,1H3,(H,25,26). The molecule has 7 nitrogen and oxygen atoms in total. The number of hydrogen-bond acceptors (Lipinski definition) is 5. The van der Waals surface area contributed by atoms with Crippen molar-refractivity contribution in [3.05, 3.63) is 48.0 Å². The molecule has 5 N–H and O–H groups in total. The number of hydrogen-bond donors (Lipinski definition) is 4. The molecule has 7 heteroatoms. The van der Waals surface area contributed by atoms with Gasteiger partial charge in [-0.3, -0.25) is 9.89 Å². The largest absolute Gasteiger partial charge is 0.427 e. The molecule has 0 aliphatic rings. The molecule has 0 radical (unpaired) electrons. The average Bonchev–Trinajstić information content (AvgIpc) is 3.27. The van der Waals surface area contributed by atoms with Gasteiger partial charge in [-0.05, 0) is 55.4 Å². The Hall–Kier alpha value is -3.16. The first-order chi connectivity index (χ1) is 13.6. The fourth-order valence-corrected chi connectivity index (χ4v) is 3.31. The van der Waals surface area contributed by atoms with Crippen LogP contribution in [0.15, 0.2) is 42.5 Å². The second kappa shape index (κ2) is 7.84. The Morgan fingerprint density at radius 2 is 2.07 bits per heavy atom. The third-order valence-corrected chi connectivity index (χ3v) is 4.62. The fourth-order valence-electron chi connectivity index (χ4n) is 3.31. The molecule has 2 aromatic carbocycles. The minimum absolute atomic E-state index is 0.344. The lowest BCUT2D eigenvalue weighted by molar-refractivity contribution is -0.131. The van der Waals surface area contributed by atoms with Crippen LogP contribution >= 0.6 is 0 Å². The Morgan fingerprint density at radius 1 is 1.18 bits per heavy atom. The molecule has 0 unspecified atom stereocenters. The lowest BCUT2D eigenvalue weighted by Crippen LogP contribution is -2.17. The van der Waals surface area contributed by atoms with E-state index in [0.29, 0.717) is 12.3 Å². The van der Waals surface area contributed by atoms with Gasteiger partial charge in [-0.25, -0.2) is 0 Å². The molecule has 0 atom stereocenters. The van der Waals surface area contributed by atoms with Crippen LogP contribution in [0.4, 0.5) is 0 Å². The highest BCUT2D eigenvalue weighted by atomic mass is 16.5. The van der Waals surface area contributed by atoms with Gasteiger partial charge in [-0.15, -0.1) is 0 Å². The van der Waals surface area contributed by atoms with Crippen molar-refractivity contribution in [3.63, 3.8) is 0 Å². The van der Waals surface area contributed by atoms with Crippen LogP contribution in [0.5, 0.6) is 5.75 Å². The van der Waals surface area contributed by atoms with Crippen molar-refractivity contribution in [2.24, 2.45) is 5.73 Å². The number of fused-ring (bicyclic) bond motifs is 2. The number of nitrogens with zero attached hydrogens (tertiary/aromatic N) is 1. The molecule has 0 fully saturated rings. The Morgan fingerprint density at radius 3 is 2.89 bits per heavy atom. The molecule has 4 rings (SSSR count). The number of rotatable bonds is 7. The van der Waals surface area contributed by atoms with Crippen molar-refractivity contribution >= 4 is 27.8 Å². The van der Waals surface area contributed by atoms with Gasteiger partial charge in [0, 0.05) is 35.8 Å². The van der Waals surface area contributed by atoms with Gasteiger partial charge < -0.3 is 20.8 Å². The zero-order valence-corrected chi connectivity index (χ0v) is 15.7. The quantitative estimate of drug-likeness (QED) is 0.225. The van der Waals surface area contributed by atoms with Crippen LogP contribution < -0.4 is 15.8 Å². The van der Waals surface area contributed by atoms with E-state index in [1.54, 1.807) is 12.1 Å². The van der Waals surface area contributed by atoms with Gasteiger partial charge in [0.25, 0.3) is 0 Å². The Balaban J connectivity index is 1.61. The van der Waals surface area contributed by atoms with Gasteiger partial charge >= 0.3 is 5.97 Å². The van der Waals surface area contributed by atoms with Crippen LogP contribution in [-0.2, 0) is 11.3 Å². The number of nitrogens with one attached hydrogen (secondary N) is 3. The number of nitrogens with two attached hydrogens (primary N) is 1. The summed E-state index contributed by atoms with van der Waals surface area (Å²) in [6.07, 6.45) is 0.974. The molecule has 2 aromatic heterocycles. The monoisotopic (exact) mass is 377 g/mol. The van der Waals surface area contributed by atoms with Crippen molar-refractivity contribution < 1.29 is 9.53 Å².